The van der Waals surface area contributed by atoms with E-state index in [0.29, 0.717) is 0 Å². The first-order valence-electron chi connectivity index (χ1n) is 3.41. The number of carbonyl (C=O) groups is 1. The van der Waals surface area contributed by atoms with Crippen LogP contribution in [0.25, 0.3) is 0 Å². The summed E-state index contributed by atoms with van der Waals surface area (Å²) in [6, 6.07) is 0. The molecule has 0 spiro atoms. The molecule has 0 aliphatic heterocycles. The molecule has 0 radical (unpaired) electrons. The van der Waals surface area contributed by atoms with Crippen LogP contribution < -0.4 is 5.32 Å². The van der Waals surface area contributed by atoms with Crippen molar-refractivity contribution in [2.24, 2.45) is 0 Å². The van der Waals surface area contributed by atoms with E-state index < -0.39 is 0 Å². The fraction of sp³-hybridized carbons (Fsp3) is 0.500. The molecule has 0 aliphatic carbocycles. The Balaban J connectivity index is 4.19. The van der Waals surface area contributed by atoms with Crippen molar-refractivity contribution in [3.8, 4) is 0 Å². The van der Waals surface area contributed by atoms with Gasteiger partial charge >= 0.3 is 0 Å². The zero-order chi connectivity index (χ0) is 9.78. The van der Waals surface area contributed by atoms with Crippen LogP contribution in [0.15, 0.2) is 16.3 Å². The minimum absolute atomic E-state index is 0.0564. The molecule has 0 saturated carbocycles. The maximum absolute atomic E-state index is 11.0. The van der Waals surface area contributed by atoms with Gasteiger partial charge in [-0.25, -0.2) is 0 Å². The van der Waals surface area contributed by atoms with Crippen molar-refractivity contribution in [2.45, 2.75) is 26.3 Å². The maximum Gasteiger partial charge on any atom is 0.252 e. The molecule has 0 aromatic heterocycles. The molecule has 0 heterocycles. The molecule has 0 fully saturated rings. The van der Waals surface area contributed by atoms with E-state index in [4.69, 9.17) is 23.2 Å². The predicted molar refractivity (Wildman–Crippen MR) is 51.2 cm³/mol. The molecule has 0 unspecified atom stereocenters. The monoisotopic (exact) mass is 207 g/mol. The Morgan fingerprint density at radius 1 is 1.42 bits per heavy atom. The lowest BCUT2D eigenvalue weighted by molar-refractivity contribution is -0.117. The SMILES string of the molecule is CC(C)(C)NC(=O)C=C=C(Cl)Cl. The number of nitrogens with one attached hydrogen (secondary N) is 1. The Morgan fingerprint density at radius 2 is 1.92 bits per heavy atom. The summed E-state index contributed by atoms with van der Waals surface area (Å²) in [5, 5.41) is 2.69. The van der Waals surface area contributed by atoms with Crippen LogP contribution >= 0.6 is 23.2 Å². The summed E-state index contributed by atoms with van der Waals surface area (Å²) in [6.07, 6.45) is 1.17. The van der Waals surface area contributed by atoms with E-state index in [9.17, 15) is 4.79 Å². The minimum Gasteiger partial charge on any atom is -0.347 e. The van der Waals surface area contributed by atoms with Gasteiger partial charge in [0.25, 0.3) is 5.91 Å². The third-order valence-electron chi connectivity index (χ3n) is 0.811. The van der Waals surface area contributed by atoms with Gasteiger partial charge in [-0.3, -0.25) is 4.79 Å². The normalized spacial score (nSPS) is 10.1. The van der Waals surface area contributed by atoms with Crippen molar-refractivity contribution < 1.29 is 4.79 Å². The molecule has 1 amide bonds. The highest BCUT2D eigenvalue weighted by Crippen LogP contribution is 2.03. The molecule has 0 rings (SSSR count). The van der Waals surface area contributed by atoms with Crippen molar-refractivity contribution in [1.29, 1.82) is 0 Å². The highest BCUT2D eigenvalue weighted by atomic mass is 35.5. The van der Waals surface area contributed by atoms with Crippen molar-refractivity contribution in [3.63, 3.8) is 0 Å². The fourth-order valence-electron chi connectivity index (χ4n) is 0.526. The Hall–Kier alpha value is -0.430. The van der Waals surface area contributed by atoms with Crippen LogP contribution in [0.4, 0.5) is 0 Å². The summed E-state index contributed by atoms with van der Waals surface area (Å²) in [5.74, 6) is -0.263. The molecule has 4 heteroatoms. The molecule has 0 aromatic carbocycles. The van der Waals surface area contributed by atoms with Gasteiger partial charge in [0.1, 0.15) is 4.49 Å². The van der Waals surface area contributed by atoms with E-state index >= 15 is 0 Å². The Kier molecular flexibility index (Phi) is 4.40. The second-order valence-electron chi connectivity index (χ2n) is 3.29. The van der Waals surface area contributed by atoms with Crippen LogP contribution in [0.1, 0.15) is 20.8 Å². The van der Waals surface area contributed by atoms with Crippen LogP contribution in [0.5, 0.6) is 0 Å². The van der Waals surface area contributed by atoms with Crippen molar-refractivity contribution in [1.82, 2.24) is 5.32 Å². The molecular formula is C8H11Cl2NO. The molecule has 0 atom stereocenters. The number of hydrogen-bond acceptors (Lipinski definition) is 1. The Bertz CT molecular complexity index is 230. The molecule has 2 nitrogen and oxygen atoms in total. The summed E-state index contributed by atoms with van der Waals surface area (Å²) in [4.78, 5) is 11.0. The minimum atomic E-state index is -0.263. The quantitative estimate of drug-likeness (QED) is 0.520. The first kappa shape index (κ1) is 11.6. The van der Waals surface area contributed by atoms with Gasteiger partial charge in [-0.05, 0) is 20.8 Å². The van der Waals surface area contributed by atoms with Gasteiger partial charge in [0.2, 0.25) is 0 Å². The zero-order valence-electron chi connectivity index (χ0n) is 7.24. The standard InChI is InChI=1S/C8H11Cl2NO/c1-8(2,3)11-7(12)5-4-6(9)10/h5H,1-3H3,(H,11,12). The van der Waals surface area contributed by atoms with Gasteiger partial charge in [-0.2, -0.15) is 0 Å². The van der Waals surface area contributed by atoms with E-state index in [1.807, 2.05) is 20.8 Å². The molecule has 0 aliphatic rings. The summed E-state index contributed by atoms with van der Waals surface area (Å²) < 4.78 is -0.0564. The summed E-state index contributed by atoms with van der Waals surface area (Å²) in [6.45, 7) is 5.64. The first-order chi connectivity index (χ1) is 5.31. The van der Waals surface area contributed by atoms with E-state index in [1.165, 1.54) is 6.08 Å². The highest BCUT2D eigenvalue weighted by Gasteiger charge is 2.10. The molecule has 0 aromatic rings. The van der Waals surface area contributed by atoms with Gasteiger partial charge < -0.3 is 5.32 Å². The molecule has 68 valence electrons. The van der Waals surface area contributed by atoms with E-state index in [1.54, 1.807) is 0 Å². The van der Waals surface area contributed by atoms with Crippen molar-refractivity contribution in [2.75, 3.05) is 0 Å². The maximum atomic E-state index is 11.0. The number of hydrogen-bond donors (Lipinski definition) is 1. The lowest BCUT2D eigenvalue weighted by atomic mass is 10.1. The van der Waals surface area contributed by atoms with Gasteiger partial charge in [-0.15, -0.1) is 0 Å². The Morgan fingerprint density at radius 3 is 2.25 bits per heavy atom. The van der Waals surface area contributed by atoms with Crippen molar-refractivity contribution in [3.05, 3.63) is 16.3 Å². The molecule has 0 bridgehead atoms. The summed E-state index contributed by atoms with van der Waals surface area (Å²) in [5.41, 5.74) is 2.12. The third kappa shape index (κ3) is 7.67. The third-order valence-corrected chi connectivity index (χ3v) is 1.03. The molecule has 1 N–H and O–H groups in total. The van der Waals surface area contributed by atoms with Crippen molar-refractivity contribution >= 4 is 29.1 Å². The smallest absolute Gasteiger partial charge is 0.252 e. The number of halogens is 2. The largest absolute Gasteiger partial charge is 0.347 e. The number of carbonyl (C=O) groups excluding carboxylic acids is 1. The highest BCUT2D eigenvalue weighted by molar-refractivity contribution is 6.55. The first-order valence-corrected chi connectivity index (χ1v) is 4.17. The number of amides is 1. The predicted octanol–water partition coefficient (Wildman–Crippen LogP) is 2.38. The summed E-state index contributed by atoms with van der Waals surface area (Å²) >= 11 is 10.5. The lowest BCUT2D eigenvalue weighted by Gasteiger charge is -2.18. The summed E-state index contributed by atoms with van der Waals surface area (Å²) in [7, 11) is 0. The molecular weight excluding hydrogens is 197 g/mol. The van der Waals surface area contributed by atoms with Gasteiger partial charge in [0.05, 0.1) is 0 Å². The van der Waals surface area contributed by atoms with Crippen LogP contribution in [0.2, 0.25) is 0 Å². The van der Waals surface area contributed by atoms with Crippen LogP contribution in [-0.2, 0) is 4.79 Å². The second-order valence-corrected chi connectivity index (χ2v) is 4.24. The van der Waals surface area contributed by atoms with Gasteiger partial charge in [0, 0.05) is 11.6 Å². The van der Waals surface area contributed by atoms with Crippen LogP contribution in [-0.4, -0.2) is 11.4 Å². The zero-order valence-corrected chi connectivity index (χ0v) is 8.75. The average molecular weight is 208 g/mol. The van der Waals surface area contributed by atoms with Crippen LogP contribution in [0.3, 0.4) is 0 Å². The molecule has 0 saturated heterocycles. The average Bonchev–Trinajstić information content (AvgIpc) is 1.79. The van der Waals surface area contributed by atoms with Gasteiger partial charge in [-0.1, -0.05) is 28.9 Å². The fourth-order valence-corrected chi connectivity index (χ4v) is 0.635. The van der Waals surface area contributed by atoms with Gasteiger partial charge in [0.15, 0.2) is 0 Å². The lowest BCUT2D eigenvalue weighted by Crippen LogP contribution is -2.39. The van der Waals surface area contributed by atoms with Crippen LogP contribution in [0, 0.1) is 0 Å². The van der Waals surface area contributed by atoms with E-state index in [0.717, 1.165) is 0 Å². The van der Waals surface area contributed by atoms with E-state index in [-0.39, 0.29) is 15.9 Å². The molecule has 12 heavy (non-hydrogen) atoms. The number of rotatable bonds is 1. The second kappa shape index (κ2) is 4.56. The van der Waals surface area contributed by atoms with E-state index in [2.05, 4.69) is 11.0 Å². The Labute approximate surface area is 82.2 Å². The topological polar surface area (TPSA) is 29.1 Å².